The number of thioether (sulfide) groups is 1. The van der Waals surface area contributed by atoms with Crippen molar-refractivity contribution in [1.82, 2.24) is 15.1 Å². The molecular formula is C13H19N5O2S. The summed E-state index contributed by atoms with van der Waals surface area (Å²) in [6.07, 6.45) is 4.59. The second-order valence-electron chi connectivity index (χ2n) is 5.11. The molecule has 0 unspecified atom stereocenters. The number of rotatable bonds is 5. The Labute approximate surface area is 127 Å². The standard InChI is InChI=1S/C13H19N5O2S/c1-18(13(9-15)5-3-2-4-6-13)11(19)8-21-12-17-16-10(7-14)20-12/h2-8,14H2,1H3. The van der Waals surface area contributed by atoms with Crippen LogP contribution in [0.15, 0.2) is 9.64 Å². The van der Waals surface area contributed by atoms with Gasteiger partial charge in [-0.15, -0.1) is 10.2 Å². The fraction of sp³-hybridized carbons (Fsp3) is 0.692. The third-order valence-electron chi connectivity index (χ3n) is 3.85. The molecule has 1 aliphatic carbocycles. The number of aromatic nitrogens is 2. The lowest BCUT2D eigenvalue weighted by Crippen LogP contribution is -2.50. The fourth-order valence-corrected chi connectivity index (χ4v) is 3.19. The number of nitriles is 1. The van der Waals surface area contributed by atoms with Gasteiger partial charge in [0.05, 0.1) is 18.4 Å². The van der Waals surface area contributed by atoms with E-state index in [4.69, 9.17) is 10.2 Å². The first kappa shape index (κ1) is 15.8. The monoisotopic (exact) mass is 309 g/mol. The first-order valence-electron chi connectivity index (χ1n) is 6.94. The molecule has 0 bridgehead atoms. The zero-order chi connectivity index (χ0) is 15.3. The van der Waals surface area contributed by atoms with Gasteiger partial charge in [-0.3, -0.25) is 4.79 Å². The van der Waals surface area contributed by atoms with Crippen LogP contribution < -0.4 is 5.73 Å². The lowest BCUT2D eigenvalue weighted by molar-refractivity contribution is -0.131. The average molecular weight is 309 g/mol. The number of carbonyl (C=O) groups excluding carboxylic acids is 1. The SMILES string of the molecule is CN(C(=O)CSc1nnc(CN)o1)C1(C#N)CCCCC1. The van der Waals surface area contributed by atoms with E-state index < -0.39 is 5.54 Å². The Hall–Kier alpha value is -1.59. The van der Waals surface area contributed by atoms with E-state index in [2.05, 4.69) is 16.3 Å². The zero-order valence-electron chi connectivity index (χ0n) is 12.0. The van der Waals surface area contributed by atoms with Crippen LogP contribution in [-0.4, -0.2) is 39.3 Å². The molecule has 114 valence electrons. The molecule has 7 nitrogen and oxygen atoms in total. The van der Waals surface area contributed by atoms with E-state index in [-0.39, 0.29) is 18.2 Å². The van der Waals surface area contributed by atoms with Gasteiger partial charge in [0.2, 0.25) is 11.8 Å². The van der Waals surface area contributed by atoms with Crippen LogP contribution in [0.5, 0.6) is 0 Å². The minimum absolute atomic E-state index is 0.101. The molecular weight excluding hydrogens is 290 g/mol. The first-order chi connectivity index (χ1) is 10.1. The van der Waals surface area contributed by atoms with Crippen LogP contribution in [0.4, 0.5) is 0 Å². The van der Waals surface area contributed by atoms with Gasteiger partial charge >= 0.3 is 0 Å². The molecule has 0 spiro atoms. The summed E-state index contributed by atoms with van der Waals surface area (Å²) in [5, 5.41) is 17.3. The predicted octanol–water partition coefficient (Wildman–Crippen LogP) is 1.31. The Morgan fingerprint density at radius 2 is 2.19 bits per heavy atom. The maximum atomic E-state index is 12.3. The molecule has 0 aromatic carbocycles. The van der Waals surface area contributed by atoms with Crippen LogP contribution in [0, 0.1) is 11.3 Å². The number of amides is 1. The zero-order valence-corrected chi connectivity index (χ0v) is 12.9. The van der Waals surface area contributed by atoms with E-state index in [0.29, 0.717) is 11.1 Å². The van der Waals surface area contributed by atoms with E-state index in [1.54, 1.807) is 11.9 Å². The molecule has 0 radical (unpaired) electrons. The molecule has 8 heteroatoms. The largest absolute Gasteiger partial charge is 0.415 e. The minimum Gasteiger partial charge on any atom is -0.415 e. The summed E-state index contributed by atoms with van der Waals surface area (Å²) in [5.41, 5.74) is 4.72. The lowest BCUT2D eigenvalue weighted by Gasteiger charge is -2.38. The molecule has 1 saturated carbocycles. The summed E-state index contributed by atoms with van der Waals surface area (Å²) < 4.78 is 5.24. The quantitative estimate of drug-likeness (QED) is 0.816. The van der Waals surface area contributed by atoms with Gasteiger partial charge in [-0.05, 0) is 12.8 Å². The van der Waals surface area contributed by atoms with Crippen molar-refractivity contribution in [2.45, 2.75) is 49.4 Å². The van der Waals surface area contributed by atoms with Crippen molar-refractivity contribution in [2.75, 3.05) is 12.8 Å². The summed E-state index contributed by atoms with van der Waals surface area (Å²) in [4.78, 5) is 13.9. The maximum Gasteiger partial charge on any atom is 0.277 e. The lowest BCUT2D eigenvalue weighted by atomic mass is 9.81. The van der Waals surface area contributed by atoms with E-state index in [9.17, 15) is 10.1 Å². The van der Waals surface area contributed by atoms with E-state index >= 15 is 0 Å². The number of nitrogens with two attached hydrogens (primary N) is 1. The molecule has 0 saturated heterocycles. The average Bonchev–Trinajstić information content (AvgIpc) is 3.00. The number of hydrogen-bond acceptors (Lipinski definition) is 7. The van der Waals surface area contributed by atoms with Gasteiger partial charge < -0.3 is 15.1 Å². The molecule has 2 rings (SSSR count). The maximum absolute atomic E-state index is 12.3. The van der Waals surface area contributed by atoms with E-state index in [0.717, 1.165) is 32.1 Å². The van der Waals surface area contributed by atoms with Crippen molar-refractivity contribution < 1.29 is 9.21 Å². The molecule has 0 atom stereocenters. The van der Waals surface area contributed by atoms with Crippen LogP contribution in [-0.2, 0) is 11.3 Å². The number of hydrogen-bond donors (Lipinski definition) is 1. The first-order valence-corrected chi connectivity index (χ1v) is 7.93. The highest BCUT2D eigenvalue weighted by Gasteiger charge is 2.38. The Kier molecular flexibility index (Phi) is 5.20. The van der Waals surface area contributed by atoms with Gasteiger partial charge in [0.1, 0.15) is 5.54 Å². The van der Waals surface area contributed by atoms with Gasteiger partial charge in [-0.25, -0.2) is 0 Å². The number of nitrogens with zero attached hydrogens (tertiary/aromatic N) is 4. The Bertz CT molecular complexity index is 533. The van der Waals surface area contributed by atoms with Crippen molar-refractivity contribution in [1.29, 1.82) is 5.26 Å². The molecule has 2 N–H and O–H groups in total. The molecule has 1 amide bonds. The second kappa shape index (κ2) is 6.91. The molecule has 1 fully saturated rings. The van der Waals surface area contributed by atoms with Gasteiger partial charge in [0.25, 0.3) is 5.22 Å². The molecule has 0 aliphatic heterocycles. The molecule has 1 heterocycles. The molecule has 1 aromatic rings. The third kappa shape index (κ3) is 3.54. The normalized spacial score (nSPS) is 17.2. The van der Waals surface area contributed by atoms with E-state index in [1.807, 2.05) is 0 Å². The topological polar surface area (TPSA) is 109 Å². The van der Waals surface area contributed by atoms with Crippen molar-refractivity contribution >= 4 is 17.7 Å². The highest BCUT2D eigenvalue weighted by atomic mass is 32.2. The molecule has 1 aromatic heterocycles. The van der Waals surface area contributed by atoms with Gasteiger partial charge in [0.15, 0.2) is 0 Å². The van der Waals surface area contributed by atoms with Crippen molar-refractivity contribution in [3.63, 3.8) is 0 Å². The Morgan fingerprint density at radius 1 is 1.48 bits per heavy atom. The Morgan fingerprint density at radius 3 is 2.76 bits per heavy atom. The molecule has 1 aliphatic rings. The van der Waals surface area contributed by atoms with Gasteiger partial charge in [-0.2, -0.15) is 5.26 Å². The van der Waals surface area contributed by atoms with Crippen LogP contribution in [0.25, 0.3) is 0 Å². The van der Waals surface area contributed by atoms with Crippen LogP contribution in [0.2, 0.25) is 0 Å². The van der Waals surface area contributed by atoms with Crippen LogP contribution in [0.1, 0.15) is 38.0 Å². The summed E-state index contributed by atoms with van der Waals surface area (Å²) >= 11 is 1.17. The third-order valence-corrected chi connectivity index (χ3v) is 4.65. The van der Waals surface area contributed by atoms with Crippen LogP contribution >= 0.6 is 11.8 Å². The second-order valence-corrected chi connectivity index (χ2v) is 6.04. The fourth-order valence-electron chi connectivity index (χ4n) is 2.50. The van der Waals surface area contributed by atoms with Gasteiger partial charge in [0, 0.05) is 7.05 Å². The highest BCUT2D eigenvalue weighted by Crippen LogP contribution is 2.33. The summed E-state index contributed by atoms with van der Waals surface area (Å²) in [6, 6.07) is 2.34. The summed E-state index contributed by atoms with van der Waals surface area (Å²) in [6.45, 7) is 0.180. The van der Waals surface area contributed by atoms with Gasteiger partial charge in [-0.1, -0.05) is 31.0 Å². The Balaban J connectivity index is 1.94. The smallest absolute Gasteiger partial charge is 0.277 e. The summed E-state index contributed by atoms with van der Waals surface area (Å²) in [7, 11) is 1.70. The van der Waals surface area contributed by atoms with Crippen molar-refractivity contribution in [3.8, 4) is 6.07 Å². The minimum atomic E-state index is -0.660. The number of carbonyl (C=O) groups is 1. The van der Waals surface area contributed by atoms with E-state index in [1.165, 1.54) is 11.8 Å². The van der Waals surface area contributed by atoms with Crippen molar-refractivity contribution in [2.24, 2.45) is 5.73 Å². The molecule has 21 heavy (non-hydrogen) atoms. The van der Waals surface area contributed by atoms with Crippen LogP contribution in [0.3, 0.4) is 0 Å². The highest BCUT2D eigenvalue weighted by molar-refractivity contribution is 7.99. The van der Waals surface area contributed by atoms with Crippen molar-refractivity contribution in [3.05, 3.63) is 5.89 Å². The predicted molar refractivity (Wildman–Crippen MR) is 77.1 cm³/mol. The summed E-state index contributed by atoms with van der Waals surface area (Å²) in [5.74, 6) is 0.418.